The van der Waals surface area contributed by atoms with Gasteiger partial charge in [-0.3, -0.25) is 29.3 Å². The summed E-state index contributed by atoms with van der Waals surface area (Å²) >= 11 is 0. The van der Waals surface area contributed by atoms with E-state index in [2.05, 4.69) is 15.6 Å². The van der Waals surface area contributed by atoms with Crippen molar-refractivity contribution in [3.63, 3.8) is 0 Å². The van der Waals surface area contributed by atoms with Crippen LogP contribution in [0.1, 0.15) is 46.2 Å². The van der Waals surface area contributed by atoms with Gasteiger partial charge in [0.1, 0.15) is 12.4 Å². The van der Waals surface area contributed by atoms with Crippen LogP contribution in [0.15, 0.2) is 12.1 Å². The molecule has 12 nitrogen and oxygen atoms in total. The number of amides is 1. The van der Waals surface area contributed by atoms with Crippen LogP contribution in [0.5, 0.6) is 5.88 Å². The van der Waals surface area contributed by atoms with Crippen molar-refractivity contribution in [3.05, 3.63) is 17.7 Å². The summed E-state index contributed by atoms with van der Waals surface area (Å²) in [7, 11) is 0. The monoisotopic (exact) mass is 451 g/mol. The summed E-state index contributed by atoms with van der Waals surface area (Å²) in [6.45, 7) is 5.89. The van der Waals surface area contributed by atoms with E-state index in [9.17, 15) is 24.0 Å². The molecule has 0 aliphatic carbocycles. The Morgan fingerprint density at radius 3 is 2.06 bits per heavy atom. The minimum Gasteiger partial charge on any atom is -0.464 e. The van der Waals surface area contributed by atoms with Gasteiger partial charge < -0.3 is 24.3 Å². The molecule has 4 atom stereocenters. The molecule has 1 aromatic rings. The van der Waals surface area contributed by atoms with Crippen molar-refractivity contribution in [1.29, 1.82) is 0 Å². The number of hydrogen-bond acceptors (Lipinski definition) is 11. The molecule has 1 aliphatic rings. The highest BCUT2D eigenvalue weighted by molar-refractivity contribution is 5.87. The second-order valence-electron chi connectivity index (χ2n) is 7.07. The maximum absolute atomic E-state index is 11.8. The molecule has 2 rings (SSSR count). The maximum Gasteiger partial charge on any atom is 0.309 e. The normalized spacial score (nSPS) is 21.9. The molecular formula is C20H25N3O9. The molecule has 0 unspecified atom stereocenters. The van der Waals surface area contributed by atoms with Crippen LogP contribution in [-0.2, 0) is 38.2 Å². The quantitative estimate of drug-likeness (QED) is 0.436. The van der Waals surface area contributed by atoms with E-state index in [0.717, 1.165) is 0 Å². The zero-order chi connectivity index (χ0) is 24.0. The van der Waals surface area contributed by atoms with Gasteiger partial charge in [-0.2, -0.15) is 4.98 Å². The number of hydrogen-bond donors (Lipinski definition) is 2. The van der Waals surface area contributed by atoms with Crippen LogP contribution in [0.2, 0.25) is 0 Å². The van der Waals surface area contributed by atoms with Gasteiger partial charge in [-0.25, -0.2) is 0 Å². The van der Waals surface area contributed by atoms with Gasteiger partial charge in [-0.1, -0.05) is 0 Å². The highest BCUT2D eigenvalue weighted by atomic mass is 16.6. The lowest BCUT2D eigenvalue weighted by Gasteiger charge is -2.25. The van der Waals surface area contributed by atoms with Crippen LogP contribution in [0.4, 0.5) is 5.82 Å². The number of aromatic nitrogens is 1. The number of carbonyl (C=O) groups excluding carboxylic acids is 5. The van der Waals surface area contributed by atoms with Gasteiger partial charge in [0.2, 0.25) is 11.8 Å². The highest BCUT2D eigenvalue weighted by Crippen LogP contribution is 2.37. The van der Waals surface area contributed by atoms with Crippen LogP contribution < -0.4 is 15.4 Å². The van der Waals surface area contributed by atoms with Crippen molar-refractivity contribution in [2.45, 2.75) is 58.9 Å². The van der Waals surface area contributed by atoms with E-state index in [4.69, 9.17) is 18.9 Å². The van der Waals surface area contributed by atoms with Crippen LogP contribution >= 0.6 is 0 Å². The third-order valence-corrected chi connectivity index (χ3v) is 4.28. The number of pyridine rings is 1. The number of anilines is 1. The second-order valence-corrected chi connectivity index (χ2v) is 7.07. The van der Waals surface area contributed by atoms with E-state index in [-0.39, 0.29) is 24.2 Å². The molecule has 1 saturated heterocycles. The fraction of sp³-hybridized carbons (Fsp3) is 0.500. The Morgan fingerprint density at radius 2 is 1.53 bits per heavy atom. The minimum atomic E-state index is -1.06. The first-order valence-corrected chi connectivity index (χ1v) is 9.68. The minimum absolute atomic E-state index is 0.132. The summed E-state index contributed by atoms with van der Waals surface area (Å²) < 4.78 is 21.0. The molecule has 0 aromatic carbocycles. The highest BCUT2D eigenvalue weighted by Gasteiger charge is 2.49. The van der Waals surface area contributed by atoms with E-state index in [1.165, 1.54) is 46.8 Å². The van der Waals surface area contributed by atoms with Crippen molar-refractivity contribution in [2.75, 3.05) is 11.9 Å². The van der Waals surface area contributed by atoms with Gasteiger partial charge in [-0.05, 0) is 12.1 Å². The zero-order valence-corrected chi connectivity index (χ0v) is 18.3. The summed E-state index contributed by atoms with van der Waals surface area (Å²) in [4.78, 5) is 61.9. The van der Waals surface area contributed by atoms with Gasteiger partial charge in [0.25, 0.3) is 0 Å². The topological polar surface area (TPSA) is 159 Å². The van der Waals surface area contributed by atoms with Crippen molar-refractivity contribution in [2.24, 2.45) is 0 Å². The molecule has 12 heteroatoms. The van der Waals surface area contributed by atoms with Gasteiger partial charge in [0, 0.05) is 40.2 Å². The molecule has 2 N–H and O–H groups in total. The third kappa shape index (κ3) is 6.74. The molecule has 32 heavy (non-hydrogen) atoms. The van der Waals surface area contributed by atoms with Gasteiger partial charge in [0.15, 0.2) is 12.2 Å². The number of esters is 4. The van der Waals surface area contributed by atoms with E-state index in [1.54, 1.807) is 0 Å². The summed E-state index contributed by atoms with van der Waals surface area (Å²) in [5, 5.41) is 5.58. The van der Waals surface area contributed by atoms with Crippen molar-refractivity contribution < 1.29 is 42.9 Å². The largest absolute Gasteiger partial charge is 0.464 e. The molecule has 1 aromatic heterocycles. The lowest BCUT2D eigenvalue weighted by molar-refractivity contribution is -0.165. The molecule has 1 aliphatic heterocycles. The molecule has 1 fully saturated rings. The van der Waals surface area contributed by atoms with Crippen LogP contribution in [0.25, 0.3) is 0 Å². The van der Waals surface area contributed by atoms with Crippen molar-refractivity contribution >= 4 is 35.6 Å². The molecule has 0 radical (unpaired) electrons. The Hall–Kier alpha value is -3.54. The fourth-order valence-corrected chi connectivity index (χ4v) is 3.28. The number of ether oxygens (including phenoxy) is 4. The average molecular weight is 451 g/mol. The average Bonchev–Trinajstić information content (AvgIpc) is 2.95. The summed E-state index contributed by atoms with van der Waals surface area (Å²) in [5.74, 6) is -2.91. The zero-order valence-electron chi connectivity index (χ0n) is 18.3. The number of nitrogens with one attached hydrogen (secondary N) is 2. The molecule has 0 spiro atoms. The predicted octanol–water partition coefficient (Wildman–Crippen LogP) is 0.405. The first kappa shape index (κ1) is 24.7. The van der Waals surface area contributed by atoms with Crippen LogP contribution in [-0.4, -0.2) is 59.6 Å². The predicted molar refractivity (Wildman–Crippen MR) is 107 cm³/mol. The first-order chi connectivity index (χ1) is 15.0. The number of rotatable bonds is 7. The summed E-state index contributed by atoms with van der Waals surface area (Å²) in [5.41, 5.74) is 0.294. The van der Waals surface area contributed by atoms with Gasteiger partial charge in [0.05, 0.1) is 12.1 Å². The smallest absolute Gasteiger partial charge is 0.309 e. The van der Waals surface area contributed by atoms with E-state index >= 15 is 0 Å². The Labute approximate surface area is 183 Å². The van der Waals surface area contributed by atoms with Crippen molar-refractivity contribution in [1.82, 2.24) is 10.3 Å². The van der Waals surface area contributed by atoms with E-state index in [0.29, 0.717) is 5.56 Å². The Kier molecular flexibility index (Phi) is 8.24. The molecule has 1 amide bonds. The summed E-state index contributed by atoms with van der Waals surface area (Å²) in [6.07, 6.45) is -2.07. The Morgan fingerprint density at radius 1 is 0.906 bits per heavy atom. The molecule has 2 heterocycles. The SMILES string of the molecule is CC(=O)Nc1ccc([C@@H]2N[C@H](COC(C)=O)[C@@H](OC(C)=O)[C@H]2OC(C)=O)c(OC(C)=O)n1. The first-order valence-electron chi connectivity index (χ1n) is 9.68. The van der Waals surface area contributed by atoms with Gasteiger partial charge >= 0.3 is 23.9 Å². The van der Waals surface area contributed by atoms with E-state index < -0.39 is 48.2 Å². The lowest BCUT2D eigenvalue weighted by Crippen LogP contribution is -2.41. The maximum atomic E-state index is 11.8. The second kappa shape index (κ2) is 10.7. The number of nitrogens with zero attached hydrogens (tertiary/aromatic N) is 1. The van der Waals surface area contributed by atoms with Gasteiger partial charge in [-0.15, -0.1) is 0 Å². The molecular weight excluding hydrogens is 426 g/mol. The standard InChI is InChI=1S/C20H25N3O9/c1-9(24)21-16-7-6-14(20(23-16)32-13(5)28)17-19(31-12(4)27)18(30-11(3)26)15(22-17)8-29-10(2)25/h6-7,15,17-19,22H,8H2,1-5H3,(H,21,23,24)/t15-,17+,18-,19+/m1/s1. The van der Waals surface area contributed by atoms with Crippen LogP contribution in [0, 0.1) is 0 Å². The molecule has 0 bridgehead atoms. The lowest BCUT2D eigenvalue weighted by atomic mass is 10.0. The molecule has 0 saturated carbocycles. The van der Waals surface area contributed by atoms with Crippen molar-refractivity contribution in [3.8, 4) is 5.88 Å². The Bertz CT molecular complexity index is 918. The third-order valence-electron chi connectivity index (χ3n) is 4.28. The van der Waals surface area contributed by atoms with Crippen LogP contribution in [0.3, 0.4) is 0 Å². The Balaban J connectivity index is 2.51. The fourth-order valence-electron chi connectivity index (χ4n) is 3.28. The molecule has 174 valence electrons. The number of carbonyl (C=O) groups is 5. The van der Waals surface area contributed by atoms with E-state index in [1.807, 2.05) is 0 Å². The summed E-state index contributed by atoms with van der Waals surface area (Å²) in [6, 6.07) is 1.40.